The van der Waals surface area contributed by atoms with Crippen molar-refractivity contribution in [3.8, 4) is 0 Å². The van der Waals surface area contributed by atoms with E-state index in [0.717, 1.165) is 5.57 Å². The highest BCUT2D eigenvalue weighted by Gasteiger charge is 2.37. The Morgan fingerprint density at radius 3 is 2.83 bits per heavy atom. The number of nitrogens with zero attached hydrogens (tertiary/aromatic N) is 1. The zero-order chi connectivity index (χ0) is 9.19. The Morgan fingerprint density at radius 2 is 2.50 bits per heavy atom. The van der Waals surface area contributed by atoms with Gasteiger partial charge in [-0.05, 0) is 17.2 Å². The lowest BCUT2D eigenvalue weighted by Crippen LogP contribution is -2.29. The SMILES string of the molecule is C=CC1=CCC(Cl)([N+](=O)[O-])C=C1. The minimum absolute atomic E-state index is 0.208. The Kier molecular flexibility index (Phi) is 2.33. The predicted molar refractivity (Wildman–Crippen MR) is 47.6 cm³/mol. The molecule has 1 unspecified atom stereocenters. The van der Waals surface area contributed by atoms with E-state index < -0.39 is 9.92 Å². The van der Waals surface area contributed by atoms with Gasteiger partial charge >= 0.3 is 5.00 Å². The van der Waals surface area contributed by atoms with Crippen LogP contribution in [0.3, 0.4) is 0 Å². The maximum Gasteiger partial charge on any atom is 0.317 e. The maximum absolute atomic E-state index is 10.4. The third kappa shape index (κ3) is 1.56. The van der Waals surface area contributed by atoms with Crippen molar-refractivity contribution in [2.75, 3.05) is 0 Å². The zero-order valence-electron chi connectivity index (χ0n) is 6.37. The first-order valence-corrected chi connectivity index (χ1v) is 3.81. The molecule has 0 aromatic heterocycles. The van der Waals surface area contributed by atoms with Crippen LogP contribution in [0.5, 0.6) is 0 Å². The molecule has 0 saturated heterocycles. The first-order chi connectivity index (χ1) is 5.58. The number of nitro groups is 1. The van der Waals surface area contributed by atoms with Gasteiger partial charge in [-0.3, -0.25) is 10.1 Å². The Morgan fingerprint density at radius 1 is 1.83 bits per heavy atom. The summed E-state index contributed by atoms with van der Waals surface area (Å²) < 4.78 is 0. The molecule has 0 aliphatic heterocycles. The van der Waals surface area contributed by atoms with Crippen molar-refractivity contribution in [2.45, 2.75) is 11.4 Å². The van der Waals surface area contributed by atoms with Crippen LogP contribution in [0.4, 0.5) is 0 Å². The molecule has 0 spiro atoms. The molecular weight excluding hydrogens is 178 g/mol. The molecule has 0 N–H and O–H groups in total. The fourth-order valence-electron chi connectivity index (χ4n) is 0.908. The van der Waals surface area contributed by atoms with Crippen molar-refractivity contribution in [3.05, 3.63) is 46.6 Å². The Bertz CT molecular complexity index is 283. The van der Waals surface area contributed by atoms with Gasteiger partial charge in [-0.25, -0.2) is 0 Å². The van der Waals surface area contributed by atoms with Crippen LogP contribution < -0.4 is 0 Å². The van der Waals surface area contributed by atoms with Gasteiger partial charge in [0.15, 0.2) is 0 Å². The van der Waals surface area contributed by atoms with Crippen molar-refractivity contribution in [2.24, 2.45) is 0 Å². The lowest BCUT2D eigenvalue weighted by Gasteiger charge is -2.15. The molecule has 0 fully saturated rings. The molecule has 0 amide bonds. The van der Waals surface area contributed by atoms with E-state index in [0.29, 0.717) is 0 Å². The average molecular weight is 186 g/mol. The van der Waals surface area contributed by atoms with Crippen LogP contribution in [-0.2, 0) is 0 Å². The largest absolute Gasteiger partial charge is 0.317 e. The molecule has 4 heteroatoms. The van der Waals surface area contributed by atoms with E-state index in [1.165, 1.54) is 6.08 Å². The quantitative estimate of drug-likeness (QED) is 0.287. The summed E-state index contributed by atoms with van der Waals surface area (Å²) in [5.41, 5.74) is 0.869. The third-order valence-corrected chi connectivity index (χ3v) is 2.11. The number of hydrogen-bond donors (Lipinski definition) is 0. The lowest BCUT2D eigenvalue weighted by molar-refractivity contribution is -0.527. The van der Waals surface area contributed by atoms with Gasteiger partial charge in [0.05, 0.1) is 6.42 Å². The molecule has 12 heavy (non-hydrogen) atoms. The number of alkyl halides is 1. The van der Waals surface area contributed by atoms with Gasteiger partial charge in [0.1, 0.15) is 0 Å². The summed E-state index contributed by atoms with van der Waals surface area (Å²) in [7, 11) is 0. The number of allylic oxidation sites excluding steroid dienone is 3. The molecule has 0 heterocycles. The fraction of sp³-hybridized carbons (Fsp3) is 0.250. The first-order valence-electron chi connectivity index (χ1n) is 3.44. The molecule has 0 aromatic carbocycles. The van der Waals surface area contributed by atoms with Crippen LogP contribution >= 0.6 is 11.6 Å². The van der Waals surface area contributed by atoms with Gasteiger partial charge in [0.25, 0.3) is 0 Å². The molecule has 3 nitrogen and oxygen atoms in total. The summed E-state index contributed by atoms with van der Waals surface area (Å²) in [5.74, 6) is 0. The average Bonchev–Trinajstić information content (AvgIpc) is 2.06. The van der Waals surface area contributed by atoms with E-state index in [9.17, 15) is 10.1 Å². The molecule has 1 atom stereocenters. The van der Waals surface area contributed by atoms with Crippen molar-refractivity contribution >= 4 is 11.6 Å². The van der Waals surface area contributed by atoms with E-state index in [1.54, 1.807) is 18.2 Å². The topological polar surface area (TPSA) is 43.1 Å². The van der Waals surface area contributed by atoms with Crippen molar-refractivity contribution in [1.29, 1.82) is 0 Å². The van der Waals surface area contributed by atoms with Gasteiger partial charge in [0, 0.05) is 11.0 Å². The highest BCUT2D eigenvalue weighted by molar-refractivity contribution is 6.24. The minimum atomic E-state index is -1.45. The Labute approximate surface area is 75.2 Å². The van der Waals surface area contributed by atoms with Crippen LogP contribution in [0.15, 0.2) is 36.5 Å². The zero-order valence-corrected chi connectivity index (χ0v) is 7.12. The van der Waals surface area contributed by atoms with Gasteiger partial charge in [0.2, 0.25) is 0 Å². The van der Waals surface area contributed by atoms with E-state index >= 15 is 0 Å². The highest BCUT2D eigenvalue weighted by Crippen LogP contribution is 2.28. The van der Waals surface area contributed by atoms with Crippen LogP contribution in [-0.4, -0.2) is 9.92 Å². The van der Waals surface area contributed by atoms with Crippen LogP contribution in [0, 0.1) is 10.1 Å². The molecule has 0 saturated carbocycles. The smallest absolute Gasteiger partial charge is 0.262 e. The molecule has 1 rings (SSSR count). The van der Waals surface area contributed by atoms with E-state index in [2.05, 4.69) is 6.58 Å². The van der Waals surface area contributed by atoms with E-state index in [1.807, 2.05) is 0 Å². The normalized spacial score (nSPS) is 27.9. The number of rotatable bonds is 2. The highest BCUT2D eigenvalue weighted by atomic mass is 35.5. The molecule has 1 aliphatic rings. The maximum atomic E-state index is 10.4. The fourth-order valence-corrected chi connectivity index (χ4v) is 1.05. The number of hydrogen-bond acceptors (Lipinski definition) is 2. The van der Waals surface area contributed by atoms with E-state index in [4.69, 9.17) is 11.6 Å². The predicted octanol–water partition coefficient (Wildman–Crippen LogP) is 2.27. The van der Waals surface area contributed by atoms with Crippen LogP contribution in [0.25, 0.3) is 0 Å². The van der Waals surface area contributed by atoms with Gasteiger partial charge in [-0.15, -0.1) is 0 Å². The summed E-state index contributed by atoms with van der Waals surface area (Å²) in [6.45, 7) is 3.54. The summed E-state index contributed by atoms with van der Waals surface area (Å²) in [6, 6.07) is 0. The van der Waals surface area contributed by atoms with Crippen molar-refractivity contribution in [1.82, 2.24) is 0 Å². The van der Waals surface area contributed by atoms with Crippen molar-refractivity contribution in [3.63, 3.8) is 0 Å². The van der Waals surface area contributed by atoms with E-state index in [-0.39, 0.29) is 6.42 Å². The second-order valence-corrected chi connectivity index (χ2v) is 3.18. The Balaban J connectivity index is 2.83. The summed E-state index contributed by atoms with van der Waals surface area (Å²) in [5, 5.41) is 10.4. The molecule has 1 aliphatic carbocycles. The monoisotopic (exact) mass is 185 g/mol. The second kappa shape index (κ2) is 3.11. The molecule has 0 bridgehead atoms. The summed E-state index contributed by atoms with van der Waals surface area (Å²) in [6.07, 6.45) is 6.52. The van der Waals surface area contributed by atoms with Crippen LogP contribution in [0.1, 0.15) is 6.42 Å². The molecule has 0 aromatic rings. The molecule has 0 radical (unpaired) electrons. The van der Waals surface area contributed by atoms with Gasteiger partial charge < -0.3 is 0 Å². The first kappa shape index (κ1) is 9.00. The summed E-state index contributed by atoms with van der Waals surface area (Å²) in [4.78, 5) is 8.49. The second-order valence-electron chi connectivity index (χ2n) is 2.52. The Hall–Kier alpha value is -1.09. The molecule has 64 valence electrons. The lowest BCUT2D eigenvalue weighted by atomic mass is 10.0. The standard InChI is InChI=1S/C8H8ClNO2/c1-2-7-3-5-8(9,6-4-7)10(11)12/h2-5H,1,6H2. The molecular formula is C8H8ClNO2. The van der Waals surface area contributed by atoms with Gasteiger partial charge in [-0.1, -0.05) is 24.8 Å². The van der Waals surface area contributed by atoms with Gasteiger partial charge in [-0.2, -0.15) is 0 Å². The third-order valence-electron chi connectivity index (χ3n) is 1.69. The number of halogens is 1. The van der Waals surface area contributed by atoms with Crippen molar-refractivity contribution < 1.29 is 4.92 Å². The summed E-state index contributed by atoms with van der Waals surface area (Å²) >= 11 is 5.67. The van der Waals surface area contributed by atoms with Crippen LogP contribution in [0.2, 0.25) is 0 Å². The minimum Gasteiger partial charge on any atom is -0.262 e.